The maximum absolute atomic E-state index is 13.6. The van der Waals surface area contributed by atoms with E-state index in [1.54, 1.807) is 0 Å². The average Bonchev–Trinajstić information content (AvgIpc) is 3.38. The van der Waals surface area contributed by atoms with Crippen molar-refractivity contribution in [3.63, 3.8) is 0 Å². The van der Waals surface area contributed by atoms with Gasteiger partial charge in [0.1, 0.15) is 91.6 Å². The minimum absolute atomic E-state index is 0.107. The van der Waals surface area contributed by atoms with Gasteiger partial charge in [-0.1, -0.05) is 0 Å². The zero-order valence-corrected chi connectivity index (χ0v) is 43.7. The van der Waals surface area contributed by atoms with Gasteiger partial charge in [-0.15, -0.1) is 0 Å². The number of nitrogens with one attached hydrogen (secondary N) is 9. The van der Waals surface area contributed by atoms with Crippen LogP contribution in [0.25, 0.3) is 0 Å². The Morgan fingerprint density at radius 2 is 1.19 bits per heavy atom. The van der Waals surface area contributed by atoms with Crippen molar-refractivity contribution in [1.82, 2.24) is 47.9 Å². The highest BCUT2D eigenvalue weighted by Gasteiger charge is 2.53. The minimum Gasteiger partial charge on any atom is -0.481 e. The predicted molar refractivity (Wildman–Crippen MR) is 260 cm³/mol. The molecule has 2 aliphatic rings. The lowest BCUT2D eigenvalue weighted by atomic mass is 9.94. The number of rotatable bonds is 32. The van der Waals surface area contributed by atoms with E-state index in [2.05, 4.69) is 47.9 Å². The van der Waals surface area contributed by atoms with Gasteiger partial charge in [-0.3, -0.25) is 57.5 Å². The van der Waals surface area contributed by atoms with E-state index < -0.39 is 220 Å². The molecule has 0 aromatic heterocycles. The van der Waals surface area contributed by atoms with Crippen molar-refractivity contribution in [2.75, 3.05) is 32.9 Å². The van der Waals surface area contributed by atoms with Gasteiger partial charge in [0.25, 0.3) is 0 Å². The highest BCUT2D eigenvalue weighted by molar-refractivity contribution is 5.94. The van der Waals surface area contributed by atoms with Crippen LogP contribution in [0.3, 0.4) is 0 Å². The normalized spacial score (nSPS) is 25.4. The van der Waals surface area contributed by atoms with E-state index in [0.29, 0.717) is 0 Å². The molecule has 448 valence electrons. The van der Waals surface area contributed by atoms with Gasteiger partial charge in [0, 0.05) is 26.8 Å². The summed E-state index contributed by atoms with van der Waals surface area (Å²) < 4.78 is 23.2. The molecular weight excluding hydrogens is 1070 g/mol. The van der Waals surface area contributed by atoms with Crippen molar-refractivity contribution in [1.29, 1.82) is 0 Å². The van der Waals surface area contributed by atoms with Crippen LogP contribution in [0.2, 0.25) is 0 Å². The van der Waals surface area contributed by atoms with Gasteiger partial charge < -0.3 is 119 Å². The van der Waals surface area contributed by atoms with Crippen molar-refractivity contribution in [2.24, 2.45) is 11.5 Å². The third-order valence-electron chi connectivity index (χ3n) is 11.9. The molecule has 0 saturated carbocycles. The number of aliphatic carboxylic acids is 2. The maximum atomic E-state index is 13.6. The first kappa shape index (κ1) is 68.3. The first-order chi connectivity index (χ1) is 36.9. The monoisotopic (exact) mass is 1140 g/mol. The fourth-order valence-electron chi connectivity index (χ4n) is 7.70. The first-order valence-corrected chi connectivity index (χ1v) is 24.5. The van der Waals surface area contributed by atoms with Gasteiger partial charge in [0.05, 0.1) is 32.3 Å². The number of carbonyl (C=O) groups excluding carboxylic acids is 10. The van der Waals surface area contributed by atoms with Gasteiger partial charge in [0.2, 0.25) is 59.1 Å². The molecule has 17 atom stereocenters. The van der Waals surface area contributed by atoms with E-state index in [1.165, 1.54) is 20.8 Å². The number of carboxylic acid groups (broad SMARTS) is 2. The molecule has 2 saturated heterocycles. The number of hydrogen-bond donors (Lipinski definition) is 19. The number of aliphatic hydroxyl groups excluding tert-OH is 6. The van der Waals surface area contributed by atoms with E-state index in [4.69, 9.17) is 40.6 Å². The van der Waals surface area contributed by atoms with Crippen LogP contribution in [-0.4, -0.2) is 248 Å². The summed E-state index contributed by atoms with van der Waals surface area (Å²) in [5.74, 6) is -12.3. The quantitative estimate of drug-likeness (QED) is 0.0278. The van der Waals surface area contributed by atoms with Crippen molar-refractivity contribution in [3.05, 3.63) is 0 Å². The van der Waals surface area contributed by atoms with Crippen molar-refractivity contribution < 1.29 is 117 Å². The van der Waals surface area contributed by atoms with Crippen LogP contribution in [0.1, 0.15) is 66.7 Å². The smallest absolute Gasteiger partial charge is 0.322 e. The molecule has 2 heterocycles. The Hall–Kier alpha value is -6.80. The second-order valence-corrected chi connectivity index (χ2v) is 18.3. The third kappa shape index (κ3) is 22.1. The summed E-state index contributed by atoms with van der Waals surface area (Å²) in [6, 6.07) is -12.2. The number of aliphatic hydroxyl groups is 6. The molecule has 35 heteroatoms. The molecule has 0 aromatic carbocycles. The molecule has 0 aromatic rings. The highest BCUT2D eigenvalue weighted by Crippen LogP contribution is 2.31. The predicted octanol–water partition coefficient (Wildman–Crippen LogP) is -11.1. The molecule has 2 fully saturated rings. The number of primary amides is 1. The van der Waals surface area contributed by atoms with Gasteiger partial charge in [-0.05, 0) is 40.0 Å². The Morgan fingerprint density at radius 3 is 1.75 bits per heavy atom. The Bertz CT molecular complexity index is 2160. The van der Waals surface area contributed by atoms with Crippen molar-refractivity contribution in [3.8, 4) is 0 Å². The summed E-state index contributed by atoms with van der Waals surface area (Å²) in [5.41, 5.74) is 11.0. The zero-order chi connectivity index (χ0) is 60.0. The first-order valence-electron chi connectivity index (χ1n) is 24.5. The average molecular weight is 1140 g/mol. The van der Waals surface area contributed by atoms with Gasteiger partial charge >= 0.3 is 11.9 Å². The minimum atomic E-state index is -1.93. The fourth-order valence-corrected chi connectivity index (χ4v) is 7.70. The summed E-state index contributed by atoms with van der Waals surface area (Å²) in [7, 11) is 0. The van der Waals surface area contributed by atoms with Crippen LogP contribution in [0, 0.1) is 0 Å². The Morgan fingerprint density at radius 1 is 0.608 bits per heavy atom. The third-order valence-corrected chi connectivity index (χ3v) is 11.9. The van der Waals surface area contributed by atoms with Crippen LogP contribution < -0.4 is 59.3 Å². The van der Waals surface area contributed by atoms with Crippen LogP contribution in [-0.2, 0) is 76.5 Å². The topological polar surface area (TPSA) is 564 Å². The Labute approximate surface area is 450 Å². The molecule has 0 aliphatic carbocycles. The summed E-state index contributed by atoms with van der Waals surface area (Å²) in [6.45, 7) is 1.92. The zero-order valence-electron chi connectivity index (χ0n) is 43.7. The Balaban J connectivity index is 2.21. The summed E-state index contributed by atoms with van der Waals surface area (Å²) in [6.07, 6.45) is -17.5. The second kappa shape index (κ2) is 32.9. The summed E-state index contributed by atoms with van der Waals surface area (Å²) in [5, 5.41) is 100. The molecule has 21 N–H and O–H groups in total. The SMILES string of the molecule is CC(=O)NC1C(OC2C(CO)OC(O)C(NC(C)=O)C2OC(C)C(=O)NC(C)C(=O)NC(CCC(=O)NC(CCCNC(=O)C(CO)NC(=O)C(N)CC(=O)O)C(=O)NC(C)C(=O)NCC(=O)O)C(N)=O)OC(CO)C(O)C1O. The van der Waals surface area contributed by atoms with Gasteiger partial charge in [-0.25, -0.2) is 0 Å². The number of amides is 10. The van der Waals surface area contributed by atoms with E-state index >= 15 is 0 Å². The molecule has 0 bridgehead atoms. The molecular formula is C44H73N11O24. The second-order valence-electron chi connectivity index (χ2n) is 18.3. The maximum Gasteiger partial charge on any atom is 0.322 e. The van der Waals surface area contributed by atoms with Crippen molar-refractivity contribution in [2.45, 2.75) is 170 Å². The van der Waals surface area contributed by atoms with Crippen LogP contribution in [0.5, 0.6) is 0 Å². The van der Waals surface area contributed by atoms with Crippen molar-refractivity contribution >= 4 is 71.0 Å². The molecule has 35 nitrogen and oxygen atoms in total. The highest BCUT2D eigenvalue weighted by atomic mass is 16.7. The van der Waals surface area contributed by atoms with Gasteiger partial charge in [0.15, 0.2) is 12.6 Å². The van der Waals surface area contributed by atoms with Gasteiger partial charge in [-0.2, -0.15) is 0 Å². The lowest BCUT2D eigenvalue weighted by Crippen LogP contribution is -2.70. The fraction of sp³-hybridized carbons (Fsp3) is 0.727. The standard InChI is InChI=1S/C44H73N11O24/c1-16(37(69)48-12-29(64)65)50-42(74)23(7-6-10-47-41(73)24(13-56)55-40(72)21(45)11-28(62)63)53-27(61)9-8-22(36(46)68)54-38(70)17(2)49-39(71)18(3)76-35-31(52-20(5)60)43(75)77-26(15-58)34(35)79-44-30(51-19(4)59)33(67)32(66)25(14-57)78-44/h16-18,21-26,30-35,43-44,56-58,66-67,75H,6-15,45H2,1-5H3,(H2,46,68)(H,47,73)(H,48,69)(H,49,71)(H,50,74)(H,51,59)(H,52,60)(H,53,61)(H,54,70)(H,55,72)(H,62,63)(H,64,65). The van der Waals surface area contributed by atoms with Crippen LogP contribution in [0.4, 0.5) is 0 Å². The number of ether oxygens (including phenoxy) is 4. The molecule has 79 heavy (non-hydrogen) atoms. The van der Waals surface area contributed by atoms with E-state index in [1.807, 2.05) is 0 Å². The molecule has 10 amide bonds. The molecule has 2 aliphatic heterocycles. The molecule has 2 rings (SSSR count). The lowest BCUT2D eigenvalue weighted by molar-refractivity contribution is -0.333. The number of nitrogens with two attached hydrogens (primary N) is 2. The summed E-state index contributed by atoms with van der Waals surface area (Å²) in [4.78, 5) is 150. The van der Waals surface area contributed by atoms with Crippen LogP contribution in [0.15, 0.2) is 0 Å². The van der Waals surface area contributed by atoms with E-state index in [0.717, 1.165) is 13.8 Å². The molecule has 0 spiro atoms. The van der Waals surface area contributed by atoms with E-state index in [9.17, 15) is 88.2 Å². The summed E-state index contributed by atoms with van der Waals surface area (Å²) >= 11 is 0. The molecule has 0 radical (unpaired) electrons. The van der Waals surface area contributed by atoms with E-state index in [-0.39, 0.29) is 19.4 Å². The largest absolute Gasteiger partial charge is 0.481 e. The van der Waals surface area contributed by atoms with Crippen LogP contribution >= 0.6 is 0 Å². The lowest BCUT2D eigenvalue weighted by Gasteiger charge is -2.48. The Kier molecular flexibility index (Phi) is 28.5. The molecule has 17 unspecified atom stereocenters. The number of carboxylic acids is 2. The number of hydrogen-bond acceptors (Lipinski definition) is 23. The number of carbonyl (C=O) groups is 12.